The van der Waals surface area contributed by atoms with Gasteiger partial charge in [0.1, 0.15) is 17.8 Å². The van der Waals surface area contributed by atoms with Crippen LogP contribution in [0.15, 0.2) is 53.3 Å². The molecule has 1 unspecified atom stereocenters. The van der Waals surface area contributed by atoms with Crippen molar-refractivity contribution in [3.63, 3.8) is 0 Å². The predicted molar refractivity (Wildman–Crippen MR) is 92.1 cm³/mol. The van der Waals surface area contributed by atoms with Crippen LogP contribution in [0.2, 0.25) is 0 Å². The van der Waals surface area contributed by atoms with Crippen LogP contribution in [-0.2, 0) is 19.1 Å². The van der Waals surface area contributed by atoms with Gasteiger partial charge in [-0.05, 0) is 30.7 Å². The summed E-state index contributed by atoms with van der Waals surface area (Å²) in [7, 11) is 2.74. The fourth-order valence-corrected chi connectivity index (χ4v) is 3.09. The molecule has 2 aliphatic rings. The van der Waals surface area contributed by atoms with Crippen LogP contribution in [-0.4, -0.2) is 45.4 Å². The molecule has 1 heterocycles. The maximum atomic E-state index is 12.0. The van der Waals surface area contributed by atoms with Crippen molar-refractivity contribution >= 4 is 17.6 Å². The molecule has 0 fully saturated rings. The lowest BCUT2D eigenvalue weighted by Gasteiger charge is -2.31. The fraction of sp³-hybridized carbons (Fsp3) is 0.316. The predicted octanol–water partition coefficient (Wildman–Crippen LogP) is 2.05. The Bertz CT molecular complexity index is 789. The Morgan fingerprint density at radius 3 is 2.80 bits per heavy atom. The van der Waals surface area contributed by atoms with Crippen LogP contribution >= 0.6 is 0 Å². The van der Waals surface area contributed by atoms with E-state index in [1.165, 1.54) is 14.2 Å². The molecule has 6 nitrogen and oxygen atoms in total. The van der Waals surface area contributed by atoms with E-state index in [0.717, 1.165) is 17.9 Å². The molecule has 1 atom stereocenters. The summed E-state index contributed by atoms with van der Waals surface area (Å²) in [4.78, 5) is 25.7. The van der Waals surface area contributed by atoms with Crippen LogP contribution in [0.3, 0.4) is 0 Å². The normalized spacial score (nSPS) is 19.7. The third-order valence-electron chi connectivity index (χ3n) is 4.24. The van der Waals surface area contributed by atoms with E-state index < -0.39 is 12.1 Å². The number of fused-ring (bicyclic) bond motifs is 1. The summed E-state index contributed by atoms with van der Waals surface area (Å²) in [5.74, 6) is 2.17. The van der Waals surface area contributed by atoms with Gasteiger partial charge >= 0.3 is 5.97 Å². The molecule has 1 aliphatic heterocycles. The van der Waals surface area contributed by atoms with Crippen LogP contribution < -0.4 is 9.64 Å². The molecule has 25 heavy (non-hydrogen) atoms. The average Bonchev–Trinajstić information content (AvgIpc) is 2.88. The first-order chi connectivity index (χ1) is 12.2. The van der Waals surface area contributed by atoms with E-state index in [9.17, 15) is 9.59 Å². The van der Waals surface area contributed by atoms with Gasteiger partial charge in [-0.15, -0.1) is 0 Å². The van der Waals surface area contributed by atoms with Gasteiger partial charge in [0.15, 0.2) is 0 Å². The van der Waals surface area contributed by atoms with E-state index in [1.807, 2.05) is 35.1 Å². The lowest BCUT2D eigenvalue weighted by molar-refractivity contribution is -0.137. The highest BCUT2D eigenvalue weighted by atomic mass is 16.5. The molecule has 1 aromatic rings. The van der Waals surface area contributed by atoms with Gasteiger partial charge in [-0.2, -0.15) is 0 Å². The van der Waals surface area contributed by atoms with Crippen LogP contribution in [0, 0.1) is 0 Å². The van der Waals surface area contributed by atoms with Crippen LogP contribution in [0.5, 0.6) is 5.75 Å². The van der Waals surface area contributed by atoms with Gasteiger partial charge in [-0.1, -0.05) is 12.1 Å². The summed E-state index contributed by atoms with van der Waals surface area (Å²) in [6, 6.07) is 7.65. The molecule has 3 rings (SSSR count). The third-order valence-corrected chi connectivity index (χ3v) is 4.24. The lowest BCUT2D eigenvalue weighted by atomic mass is 9.93. The number of hydrogen-bond acceptors (Lipinski definition) is 6. The number of hydrogen-bond donors (Lipinski definition) is 0. The van der Waals surface area contributed by atoms with E-state index in [2.05, 4.69) is 0 Å². The van der Waals surface area contributed by atoms with Crippen molar-refractivity contribution in [2.24, 2.45) is 0 Å². The Balaban J connectivity index is 2.09. The largest absolute Gasteiger partial charge is 0.491 e. The number of benzene rings is 1. The number of nitrogens with zero attached hydrogens (tertiary/aromatic N) is 1. The molecule has 1 aliphatic carbocycles. The van der Waals surface area contributed by atoms with Crippen molar-refractivity contribution in [2.75, 3.05) is 32.3 Å². The van der Waals surface area contributed by atoms with Gasteiger partial charge < -0.3 is 19.1 Å². The standard InChI is InChI=1S/C19H19NO5/c1-23-18-13(19(22)24-2)8-9-15(14(18)12-21)20-10-5-11-25-17-7-4-3-6-16(17)20/h3-4,6-9,18H,5,10-11H2,1-2H3. The Morgan fingerprint density at radius 2 is 2.08 bits per heavy atom. The highest BCUT2D eigenvalue weighted by Gasteiger charge is 2.34. The average molecular weight is 341 g/mol. The second-order valence-corrected chi connectivity index (χ2v) is 5.62. The van der Waals surface area contributed by atoms with E-state index in [4.69, 9.17) is 14.2 Å². The topological polar surface area (TPSA) is 65.1 Å². The minimum absolute atomic E-state index is 0.266. The van der Waals surface area contributed by atoms with Crippen LogP contribution in [0.4, 0.5) is 5.69 Å². The number of anilines is 1. The number of carbonyl (C=O) groups excluding carboxylic acids is 2. The monoisotopic (exact) mass is 341 g/mol. The number of carbonyl (C=O) groups is 1. The zero-order valence-corrected chi connectivity index (χ0v) is 14.2. The van der Waals surface area contributed by atoms with Gasteiger partial charge in [-0.3, -0.25) is 0 Å². The number of ether oxygens (including phenoxy) is 3. The zero-order chi connectivity index (χ0) is 17.8. The van der Waals surface area contributed by atoms with Crippen molar-refractivity contribution in [1.29, 1.82) is 0 Å². The Morgan fingerprint density at radius 1 is 1.28 bits per heavy atom. The molecule has 0 N–H and O–H groups in total. The minimum atomic E-state index is -0.818. The number of esters is 1. The molecular formula is C19H19NO5. The van der Waals surface area contributed by atoms with Gasteiger partial charge in [0, 0.05) is 13.7 Å². The second kappa shape index (κ2) is 7.38. The van der Waals surface area contributed by atoms with Gasteiger partial charge in [-0.25, -0.2) is 9.59 Å². The SMILES string of the molecule is COC(=O)C1=CC=C(N2CCCOc3ccccc32)C(=C=O)C1OC. The van der Waals surface area contributed by atoms with Crippen molar-refractivity contribution in [3.05, 3.63) is 53.3 Å². The molecule has 0 spiro atoms. The summed E-state index contributed by atoms with van der Waals surface area (Å²) >= 11 is 0. The highest BCUT2D eigenvalue weighted by molar-refractivity contribution is 5.93. The molecule has 0 bridgehead atoms. The number of para-hydroxylation sites is 2. The molecule has 1 aromatic carbocycles. The molecular weight excluding hydrogens is 322 g/mol. The molecule has 6 heteroatoms. The molecule has 0 saturated heterocycles. The summed E-state index contributed by atoms with van der Waals surface area (Å²) < 4.78 is 16.0. The number of rotatable bonds is 3. The van der Waals surface area contributed by atoms with Crippen molar-refractivity contribution in [1.82, 2.24) is 0 Å². The Hall–Kier alpha value is -2.82. The smallest absolute Gasteiger partial charge is 0.336 e. The summed E-state index contributed by atoms with van der Waals surface area (Å²) in [6.07, 6.45) is 3.33. The second-order valence-electron chi connectivity index (χ2n) is 5.62. The first-order valence-corrected chi connectivity index (χ1v) is 7.99. The quantitative estimate of drug-likeness (QED) is 0.619. The van der Waals surface area contributed by atoms with E-state index in [-0.39, 0.29) is 11.1 Å². The summed E-state index contributed by atoms with van der Waals surface area (Å²) in [5, 5.41) is 0. The number of allylic oxidation sites excluding steroid dienone is 2. The third kappa shape index (κ3) is 3.09. The summed E-state index contributed by atoms with van der Waals surface area (Å²) in [6.45, 7) is 1.27. The lowest BCUT2D eigenvalue weighted by Crippen LogP contribution is -2.34. The van der Waals surface area contributed by atoms with Gasteiger partial charge in [0.25, 0.3) is 0 Å². The first-order valence-electron chi connectivity index (χ1n) is 7.99. The summed E-state index contributed by atoms with van der Waals surface area (Å²) in [5.41, 5.74) is 2.05. The van der Waals surface area contributed by atoms with E-state index >= 15 is 0 Å². The van der Waals surface area contributed by atoms with E-state index in [0.29, 0.717) is 18.8 Å². The van der Waals surface area contributed by atoms with Crippen molar-refractivity contribution in [2.45, 2.75) is 12.5 Å². The maximum Gasteiger partial charge on any atom is 0.336 e. The van der Waals surface area contributed by atoms with Crippen molar-refractivity contribution < 1.29 is 23.8 Å². The fourth-order valence-electron chi connectivity index (χ4n) is 3.09. The minimum Gasteiger partial charge on any atom is -0.491 e. The number of methoxy groups -OCH3 is 2. The van der Waals surface area contributed by atoms with Gasteiger partial charge in [0.2, 0.25) is 0 Å². The van der Waals surface area contributed by atoms with Gasteiger partial charge in [0.05, 0.1) is 36.2 Å². The molecule has 0 aromatic heterocycles. The Labute approximate surface area is 146 Å². The molecule has 130 valence electrons. The molecule has 0 radical (unpaired) electrons. The highest BCUT2D eigenvalue weighted by Crippen LogP contribution is 2.37. The first kappa shape index (κ1) is 17.0. The van der Waals surface area contributed by atoms with Crippen molar-refractivity contribution in [3.8, 4) is 5.75 Å². The maximum absolute atomic E-state index is 12.0. The van der Waals surface area contributed by atoms with Crippen LogP contribution in [0.1, 0.15) is 6.42 Å². The molecule has 0 saturated carbocycles. The van der Waals surface area contributed by atoms with E-state index in [1.54, 1.807) is 12.2 Å². The zero-order valence-electron chi connectivity index (χ0n) is 14.2. The Kier molecular flexibility index (Phi) is 5.03. The van der Waals surface area contributed by atoms with Crippen LogP contribution in [0.25, 0.3) is 0 Å². The molecule has 0 amide bonds.